The number of aliphatic carboxylic acids is 3. The summed E-state index contributed by atoms with van der Waals surface area (Å²) >= 11 is 9.23. The van der Waals surface area contributed by atoms with Gasteiger partial charge in [-0.05, 0) is 83.3 Å². The molecule has 0 rings (SSSR count). The van der Waals surface area contributed by atoms with E-state index in [2.05, 4.69) is 94.4 Å². The van der Waals surface area contributed by atoms with Gasteiger partial charge in [-0.3, -0.25) is 86.3 Å². The number of thiol groups is 2. The van der Waals surface area contributed by atoms with E-state index in [1.807, 2.05) is 0 Å². The zero-order valence-corrected chi connectivity index (χ0v) is 56.8. The summed E-state index contributed by atoms with van der Waals surface area (Å²) in [6.07, 6.45) is -4.48. The molecule has 0 aliphatic carbocycles. The number of nitrogens with two attached hydrogens (primary N) is 3. The van der Waals surface area contributed by atoms with Gasteiger partial charge in [0.15, 0.2) is 0 Å². The van der Waals surface area contributed by atoms with Crippen molar-refractivity contribution >= 4 is 144 Å². The number of carboxylic acid groups (broad SMARTS) is 3. The Bertz CT molecular complexity index is 2790. The average molecular weight is 1440 g/mol. The van der Waals surface area contributed by atoms with Gasteiger partial charge < -0.3 is 112 Å². The first-order valence-electron chi connectivity index (χ1n) is 30.2. The molecule has 97 heavy (non-hydrogen) atoms. The highest BCUT2D eigenvalue weighted by atomic mass is 32.2. The van der Waals surface area contributed by atoms with Gasteiger partial charge in [-0.25, -0.2) is 0 Å². The molecule has 0 saturated carbocycles. The van der Waals surface area contributed by atoms with Gasteiger partial charge in [-0.2, -0.15) is 37.0 Å². The quantitative estimate of drug-likeness (QED) is 0.0199. The van der Waals surface area contributed by atoms with E-state index < -0.39 is 243 Å². The molecule has 0 radical (unpaired) electrons. The van der Waals surface area contributed by atoms with Gasteiger partial charge in [0.05, 0.1) is 32.1 Å². The zero-order chi connectivity index (χ0) is 74.4. The molecule has 0 aromatic carbocycles. The Morgan fingerprint density at radius 3 is 1.30 bits per heavy atom. The van der Waals surface area contributed by atoms with Gasteiger partial charge in [-0.15, -0.1) is 0 Å². The van der Waals surface area contributed by atoms with Crippen LogP contribution in [0, 0.1) is 5.92 Å². The predicted octanol–water partition coefficient (Wildman–Crippen LogP) is -9.31. The van der Waals surface area contributed by atoms with E-state index in [1.54, 1.807) is 20.1 Å². The van der Waals surface area contributed by atoms with Gasteiger partial charge >= 0.3 is 17.9 Å². The van der Waals surface area contributed by atoms with Crippen molar-refractivity contribution in [2.75, 3.05) is 43.2 Å². The van der Waals surface area contributed by atoms with Crippen molar-refractivity contribution in [1.29, 1.82) is 0 Å². The summed E-state index contributed by atoms with van der Waals surface area (Å²) in [6, 6.07) is -19.9. The summed E-state index contributed by atoms with van der Waals surface area (Å²) in [7, 11) is 0. The Balaban J connectivity index is 6.40. The number of carbonyl (C=O) groups excluding carboxylic acids is 15. The van der Waals surface area contributed by atoms with Crippen molar-refractivity contribution in [2.24, 2.45) is 23.1 Å². The number of nitrogens with one attached hydrogen (secondary N) is 13. The highest BCUT2D eigenvalue weighted by Crippen LogP contribution is 2.11. The summed E-state index contributed by atoms with van der Waals surface area (Å²) in [4.78, 5) is 232. The number of primary amides is 2. The highest BCUT2D eigenvalue weighted by Gasteiger charge is 2.37. The Hall–Kier alpha value is -8.61. The van der Waals surface area contributed by atoms with Crippen LogP contribution in [-0.4, -0.2) is 254 Å². The molecule has 0 aromatic rings. The highest BCUT2D eigenvalue weighted by molar-refractivity contribution is 7.98. The van der Waals surface area contributed by atoms with E-state index >= 15 is 0 Å². The molecule has 0 spiro atoms. The second-order valence-corrected chi connectivity index (χ2v) is 24.0. The van der Waals surface area contributed by atoms with Crippen molar-refractivity contribution in [1.82, 2.24) is 69.1 Å². The van der Waals surface area contributed by atoms with E-state index in [-0.39, 0.29) is 49.7 Å². The Labute approximate surface area is 572 Å². The maximum Gasteiger partial charge on any atom is 0.305 e. The largest absolute Gasteiger partial charge is 0.481 e. The molecule has 0 aromatic heterocycles. The lowest BCUT2D eigenvalue weighted by Crippen LogP contribution is -2.62. The smallest absolute Gasteiger partial charge is 0.305 e. The lowest BCUT2D eigenvalue weighted by atomic mass is 10.0. The van der Waals surface area contributed by atoms with Crippen LogP contribution < -0.4 is 86.3 Å². The summed E-state index contributed by atoms with van der Waals surface area (Å²) in [5.74, 6) is -21.5. The number of rotatable bonds is 49. The van der Waals surface area contributed by atoms with Crippen LogP contribution in [0.25, 0.3) is 0 Å². The van der Waals surface area contributed by atoms with E-state index in [0.29, 0.717) is 6.42 Å². The Kier molecular flexibility index (Phi) is 42.4. The monoisotopic (exact) mass is 1440 g/mol. The molecule has 15 amide bonds. The van der Waals surface area contributed by atoms with Crippen LogP contribution in [0.2, 0.25) is 0 Å². The first-order valence-corrected chi connectivity index (χ1v) is 32.8. The minimum Gasteiger partial charge on any atom is -0.481 e. The van der Waals surface area contributed by atoms with Gasteiger partial charge in [-0.1, -0.05) is 13.8 Å². The zero-order valence-electron chi connectivity index (χ0n) is 54.2. The fraction of sp³-hybridized carbons (Fsp3) is 0.673. The van der Waals surface area contributed by atoms with Crippen LogP contribution in [0.1, 0.15) is 105 Å². The maximum absolute atomic E-state index is 13.8. The fourth-order valence-corrected chi connectivity index (χ4v) is 9.43. The normalized spacial score (nSPS) is 15.0. The molecule has 24 N–H and O–H groups in total. The summed E-state index contributed by atoms with van der Waals surface area (Å²) < 4.78 is 0. The predicted molar refractivity (Wildman–Crippen MR) is 348 cm³/mol. The summed E-state index contributed by atoms with van der Waals surface area (Å²) in [5, 5.41) is 78.4. The molecule has 39 nitrogen and oxygen atoms in total. The molecular formula is C55H92N16O23S3. The molecule has 0 saturated heterocycles. The number of carboxylic acids is 3. The van der Waals surface area contributed by atoms with Crippen LogP contribution in [0.15, 0.2) is 0 Å². The van der Waals surface area contributed by atoms with Crippen LogP contribution in [0.5, 0.6) is 0 Å². The van der Waals surface area contributed by atoms with Crippen molar-refractivity contribution in [3.63, 3.8) is 0 Å². The van der Waals surface area contributed by atoms with Gasteiger partial charge in [0, 0.05) is 31.3 Å². The van der Waals surface area contributed by atoms with Crippen LogP contribution in [-0.2, 0) is 86.3 Å². The molecule has 0 heterocycles. The SMILES string of the molecule is CSCC[C@H](NC(=O)[C@H](C)NC(=O)[C@H](CCC(=O)O)NC(=O)[C@H](CO)NC(=O)[C@@H](NC(=O)[C@H](CCCCN)NC(=O)[C@H](CC(N)=O)NC(=O)[C@H](CS)NC(C)=O)[C@@H](C)O)C(=O)N[C@@H](CC(=O)O)C(=O)NCC(=O)N[C@@H](CS)C(=O)N[C@@H](CCC(=O)O)C(=O)N[C@@H](CC(C)C)C(N)=O. The fourth-order valence-electron chi connectivity index (χ4n) is 8.45. The molecule has 0 fully saturated rings. The Morgan fingerprint density at radius 1 is 0.454 bits per heavy atom. The molecular weight excluding hydrogens is 1350 g/mol. The molecule has 42 heteroatoms. The average Bonchev–Trinajstić information content (AvgIpc) is 1.11. The third kappa shape index (κ3) is 35.8. The van der Waals surface area contributed by atoms with E-state index in [9.17, 15) is 112 Å². The molecule has 0 unspecified atom stereocenters. The van der Waals surface area contributed by atoms with Crippen LogP contribution in [0.4, 0.5) is 0 Å². The van der Waals surface area contributed by atoms with E-state index in [4.69, 9.17) is 17.2 Å². The summed E-state index contributed by atoms with van der Waals surface area (Å²) in [6.45, 7) is 4.62. The van der Waals surface area contributed by atoms with E-state index in [0.717, 1.165) is 20.8 Å². The van der Waals surface area contributed by atoms with Crippen LogP contribution in [0.3, 0.4) is 0 Å². The van der Waals surface area contributed by atoms with Crippen molar-refractivity contribution < 1.29 is 112 Å². The number of aliphatic hydroxyl groups excluding tert-OH is 2. The molecule has 0 aliphatic heterocycles. The number of hydrogen-bond acceptors (Lipinski definition) is 24. The summed E-state index contributed by atoms with van der Waals surface area (Å²) in [5.41, 5.74) is 16.3. The molecule has 548 valence electrons. The first kappa shape index (κ1) is 88.4. The van der Waals surface area contributed by atoms with Crippen molar-refractivity contribution in [3.8, 4) is 0 Å². The lowest BCUT2D eigenvalue weighted by Gasteiger charge is -2.28. The number of aliphatic hydroxyl groups is 2. The third-order valence-electron chi connectivity index (χ3n) is 13.6. The van der Waals surface area contributed by atoms with Gasteiger partial charge in [0.25, 0.3) is 0 Å². The first-order chi connectivity index (χ1) is 45.4. The lowest BCUT2D eigenvalue weighted by molar-refractivity contribution is -0.141. The Morgan fingerprint density at radius 2 is 0.866 bits per heavy atom. The number of carbonyl (C=O) groups is 18. The number of unbranched alkanes of at least 4 members (excludes halogenated alkanes) is 1. The maximum atomic E-state index is 13.8. The van der Waals surface area contributed by atoms with Crippen LogP contribution >= 0.6 is 37.0 Å². The standard InChI is InChI=1S/C55H92N16O23S3/c1-24(2)17-32(44(58)83)67-48(87)30(11-13-41(79)80)66-54(93)37(23-96)62-39(76)20-59-46(85)34(19-42(81)82)69-49(88)31(14-16-97-6)63-45(84)25(3)60-47(86)29(10-12-40(77)78)65-52(91)35(21-72)70-55(94)43(26(4)73)71-50(89)28(9-7-8-15-56)64-51(90)33(18-38(57)75)68-53(92)36(22-95)61-27(5)74/h24-26,28-37,43,72-73,95-96H,7-23,56H2,1-6H3,(H2,57,75)(H2,58,83)(H,59,85)(H,60,86)(H,61,74)(H,62,76)(H,63,84)(H,64,90)(H,65,91)(H,66,93)(H,67,87)(H,68,92)(H,69,88)(H,70,94)(H,71,89)(H,77,78)(H,79,80)(H,81,82)/t25-,26+,28-,29-,30-,31-,32-,33-,34-,35-,36-,37-,43-/m0/s1. The van der Waals surface area contributed by atoms with Gasteiger partial charge in [0.2, 0.25) is 88.6 Å². The number of hydrogen-bond donors (Lipinski definition) is 23. The van der Waals surface area contributed by atoms with Crippen molar-refractivity contribution in [3.05, 3.63) is 0 Å². The van der Waals surface area contributed by atoms with Gasteiger partial charge in [0.1, 0.15) is 72.5 Å². The minimum atomic E-state index is -2.02. The second kappa shape index (κ2) is 46.5. The van der Waals surface area contributed by atoms with E-state index in [1.165, 1.54) is 11.8 Å². The second-order valence-electron chi connectivity index (χ2n) is 22.3. The molecule has 0 bridgehead atoms. The minimum absolute atomic E-state index is 0.103. The molecule has 13 atom stereocenters. The molecule has 0 aliphatic rings. The topological polar surface area (TPSA) is 643 Å². The van der Waals surface area contributed by atoms with Crippen molar-refractivity contribution in [2.45, 2.75) is 184 Å². The third-order valence-corrected chi connectivity index (χ3v) is 14.9. The number of amides is 15. The number of thioether (sulfide) groups is 1.